The summed E-state index contributed by atoms with van der Waals surface area (Å²) in [7, 11) is 2.10. The fourth-order valence-corrected chi connectivity index (χ4v) is 2.98. The van der Waals surface area contributed by atoms with Crippen molar-refractivity contribution in [3.63, 3.8) is 0 Å². The van der Waals surface area contributed by atoms with Crippen molar-refractivity contribution in [1.82, 2.24) is 9.80 Å². The van der Waals surface area contributed by atoms with E-state index in [1.807, 2.05) is 0 Å². The van der Waals surface area contributed by atoms with Crippen molar-refractivity contribution < 1.29 is 9.53 Å². The maximum Gasteiger partial charge on any atom is 0.415 e. The van der Waals surface area contributed by atoms with Crippen molar-refractivity contribution in [3.05, 3.63) is 29.3 Å². The van der Waals surface area contributed by atoms with E-state index in [4.69, 9.17) is 16.3 Å². The lowest BCUT2D eigenvalue weighted by Gasteiger charge is -2.30. The summed E-state index contributed by atoms with van der Waals surface area (Å²) < 4.78 is 5.39. The molecule has 1 saturated heterocycles. The number of likely N-dealkylation sites (tertiary alicyclic amines) is 1. The molecule has 5 heteroatoms. The molecule has 1 fully saturated rings. The van der Waals surface area contributed by atoms with Crippen LogP contribution < -0.4 is 4.74 Å². The Balaban J connectivity index is 1.69. The molecule has 1 heterocycles. The van der Waals surface area contributed by atoms with Gasteiger partial charge in [-0.1, -0.05) is 24.4 Å². The van der Waals surface area contributed by atoms with Gasteiger partial charge in [0.1, 0.15) is 5.75 Å². The summed E-state index contributed by atoms with van der Waals surface area (Å²) in [4.78, 5) is 16.2. The summed E-state index contributed by atoms with van der Waals surface area (Å²) in [5, 5.41) is 0.627. The zero-order valence-corrected chi connectivity index (χ0v) is 15.9. The molecule has 4 nitrogen and oxygen atoms in total. The number of piperidine rings is 1. The normalized spacial score (nSPS) is 15.0. The van der Waals surface area contributed by atoms with E-state index < -0.39 is 0 Å². The highest BCUT2D eigenvalue weighted by Crippen LogP contribution is 2.22. The number of amides is 1. The van der Waals surface area contributed by atoms with Gasteiger partial charge >= 0.3 is 6.09 Å². The Morgan fingerprint density at radius 3 is 2.60 bits per heavy atom. The molecule has 0 saturated carbocycles. The van der Waals surface area contributed by atoms with Crippen LogP contribution in [0.15, 0.2) is 24.3 Å². The fourth-order valence-electron chi connectivity index (χ4n) is 2.86. The molecule has 2 rings (SSSR count). The first-order valence-electron chi connectivity index (χ1n) is 8.95. The lowest BCUT2D eigenvalue weighted by Crippen LogP contribution is -2.40. The largest absolute Gasteiger partial charge is 0.415 e. The average Bonchev–Trinajstić information content (AvgIpc) is 2.61. The Kier molecular flexibility index (Phi) is 8.11. The zero-order valence-electron chi connectivity index (χ0n) is 15.1. The molecule has 0 atom stereocenters. The molecule has 1 aromatic rings. The molecule has 0 aliphatic carbocycles. The Bertz CT molecular complexity index is 598. The van der Waals surface area contributed by atoms with Gasteiger partial charge in [0, 0.05) is 24.5 Å². The summed E-state index contributed by atoms with van der Waals surface area (Å²) in [6.07, 6.45) is 3.75. The summed E-state index contributed by atoms with van der Waals surface area (Å²) >= 11 is 5.83. The van der Waals surface area contributed by atoms with Gasteiger partial charge in [-0.2, -0.15) is 0 Å². The highest BCUT2D eigenvalue weighted by atomic mass is 35.5. The van der Waals surface area contributed by atoms with E-state index in [9.17, 15) is 4.79 Å². The summed E-state index contributed by atoms with van der Waals surface area (Å²) in [5.74, 6) is 7.64. The smallest absolute Gasteiger partial charge is 0.410 e. The molecule has 0 radical (unpaired) electrons. The monoisotopic (exact) mass is 362 g/mol. The number of rotatable bonds is 5. The molecule has 0 aromatic heterocycles. The number of hydrogen-bond acceptors (Lipinski definition) is 3. The molecule has 136 valence electrons. The summed E-state index contributed by atoms with van der Waals surface area (Å²) in [6.45, 7) is 5.56. The number of carbonyl (C=O) groups is 1. The standard InChI is InChI=1S/C20H27ClN2O2/c1-3-13-22(2)14-5-4-6-17-11-15-23(16-12-17)20(24)25-19-9-7-18(21)8-10-19/h7-10,17H,3,6,11-16H2,1-2H3. The van der Waals surface area contributed by atoms with Crippen molar-refractivity contribution in [2.75, 3.05) is 33.2 Å². The Hall–Kier alpha value is -1.70. The van der Waals surface area contributed by atoms with E-state index in [0.717, 1.165) is 51.9 Å². The molecule has 25 heavy (non-hydrogen) atoms. The predicted octanol–water partition coefficient (Wildman–Crippen LogP) is 4.29. The van der Waals surface area contributed by atoms with Crippen LogP contribution in [0.2, 0.25) is 5.02 Å². The van der Waals surface area contributed by atoms with Crippen LogP contribution in [0, 0.1) is 17.8 Å². The van der Waals surface area contributed by atoms with Gasteiger partial charge in [-0.3, -0.25) is 4.90 Å². The van der Waals surface area contributed by atoms with Crippen molar-refractivity contribution >= 4 is 17.7 Å². The second-order valence-electron chi connectivity index (χ2n) is 6.55. The number of hydrogen-bond donors (Lipinski definition) is 0. The van der Waals surface area contributed by atoms with Gasteiger partial charge in [-0.05, 0) is 63.0 Å². The molecule has 0 bridgehead atoms. The second kappa shape index (κ2) is 10.3. The quantitative estimate of drug-likeness (QED) is 0.732. The van der Waals surface area contributed by atoms with Crippen LogP contribution in [-0.4, -0.2) is 49.1 Å². The fraction of sp³-hybridized carbons (Fsp3) is 0.550. The van der Waals surface area contributed by atoms with E-state index in [2.05, 4.69) is 30.7 Å². The van der Waals surface area contributed by atoms with Crippen molar-refractivity contribution in [3.8, 4) is 17.6 Å². The summed E-state index contributed by atoms with van der Waals surface area (Å²) in [5.41, 5.74) is 0. The molecule has 1 amide bonds. The number of halogens is 1. The maximum atomic E-state index is 12.2. The first-order chi connectivity index (χ1) is 12.1. The number of carbonyl (C=O) groups excluding carboxylic acids is 1. The van der Waals surface area contributed by atoms with Crippen molar-refractivity contribution in [2.45, 2.75) is 32.6 Å². The van der Waals surface area contributed by atoms with E-state index in [-0.39, 0.29) is 6.09 Å². The van der Waals surface area contributed by atoms with Crippen molar-refractivity contribution in [2.24, 2.45) is 5.92 Å². The second-order valence-corrected chi connectivity index (χ2v) is 6.98. The third-order valence-electron chi connectivity index (χ3n) is 4.36. The highest BCUT2D eigenvalue weighted by molar-refractivity contribution is 6.30. The van der Waals surface area contributed by atoms with E-state index in [0.29, 0.717) is 16.7 Å². The highest BCUT2D eigenvalue weighted by Gasteiger charge is 2.23. The van der Waals surface area contributed by atoms with Gasteiger partial charge in [0.2, 0.25) is 0 Å². The van der Waals surface area contributed by atoms with Crippen LogP contribution in [-0.2, 0) is 0 Å². The Labute approximate surface area is 156 Å². The van der Waals surface area contributed by atoms with Gasteiger partial charge in [0.25, 0.3) is 0 Å². The van der Waals surface area contributed by atoms with Crippen LogP contribution in [0.3, 0.4) is 0 Å². The first-order valence-corrected chi connectivity index (χ1v) is 9.33. The van der Waals surface area contributed by atoms with Gasteiger partial charge in [-0.25, -0.2) is 4.79 Å². The topological polar surface area (TPSA) is 32.8 Å². The molecule has 1 aliphatic heterocycles. The molecule has 1 aliphatic rings. The number of benzene rings is 1. The average molecular weight is 363 g/mol. The third kappa shape index (κ3) is 6.97. The van der Waals surface area contributed by atoms with Gasteiger partial charge in [-0.15, -0.1) is 5.92 Å². The van der Waals surface area contributed by atoms with E-state index in [1.165, 1.54) is 0 Å². The molecular weight excluding hydrogens is 336 g/mol. The van der Waals surface area contributed by atoms with Gasteiger partial charge in [0.15, 0.2) is 0 Å². The van der Waals surface area contributed by atoms with Crippen LogP contribution in [0.1, 0.15) is 32.6 Å². The SMILES string of the molecule is CCCN(C)CC#CCC1CCN(C(=O)Oc2ccc(Cl)cc2)CC1. The lowest BCUT2D eigenvalue weighted by molar-refractivity contribution is 0.131. The maximum absolute atomic E-state index is 12.2. The molecule has 0 spiro atoms. The van der Waals surface area contributed by atoms with E-state index in [1.54, 1.807) is 29.2 Å². The molecule has 0 unspecified atom stereocenters. The van der Waals surface area contributed by atoms with Crippen LogP contribution in [0.25, 0.3) is 0 Å². The molecular formula is C20H27ClN2O2. The van der Waals surface area contributed by atoms with E-state index >= 15 is 0 Å². The van der Waals surface area contributed by atoms with Crippen LogP contribution in [0.4, 0.5) is 4.79 Å². The van der Waals surface area contributed by atoms with Crippen LogP contribution in [0.5, 0.6) is 5.75 Å². The zero-order chi connectivity index (χ0) is 18.1. The predicted molar refractivity (Wildman–Crippen MR) is 102 cm³/mol. The van der Waals surface area contributed by atoms with Gasteiger partial charge in [0.05, 0.1) is 6.54 Å². The minimum atomic E-state index is -0.284. The van der Waals surface area contributed by atoms with Gasteiger partial charge < -0.3 is 9.64 Å². The van der Waals surface area contributed by atoms with Crippen molar-refractivity contribution in [1.29, 1.82) is 0 Å². The molecule has 0 N–H and O–H groups in total. The molecule has 1 aromatic carbocycles. The Morgan fingerprint density at radius 2 is 1.96 bits per heavy atom. The van der Waals surface area contributed by atoms with Crippen LogP contribution >= 0.6 is 11.6 Å². The number of nitrogens with zero attached hydrogens (tertiary/aromatic N) is 2. The summed E-state index contributed by atoms with van der Waals surface area (Å²) in [6, 6.07) is 6.84. The first kappa shape index (κ1) is 19.6. The lowest BCUT2D eigenvalue weighted by atomic mass is 9.94. The Morgan fingerprint density at radius 1 is 1.28 bits per heavy atom. The third-order valence-corrected chi connectivity index (χ3v) is 4.61. The minimum Gasteiger partial charge on any atom is -0.410 e. The number of ether oxygens (including phenoxy) is 1. The minimum absolute atomic E-state index is 0.284.